The fraction of sp³-hybridized carbons (Fsp3) is 0.200. The van der Waals surface area contributed by atoms with Gasteiger partial charge in [0.1, 0.15) is 5.56 Å². The maximum absolute atomic E-state index is 12.3. The Kier molecular flexibility index (Phi) is 5.19. The highest BCUT2D eigenvalue weighted by atomic mass is 19.4. The standard InChI is InChI=1S/C15H11F3N4O3/c16-15(17,18)12(23)8-20-13(24)11-4-5-21-22(14(11)25)10-3-1-2-9(6-10)7-19/h1-6,12,23H,8H2,(H,20,24)/t12-/m0/s1. The van der Waals surface area contributed by atoms with Gasteiger partial charge in [-0.15, -0.1) is 0 Å². The molecule has 0 aliphatic carbocycles. The van der Waals surface area contributed by atoms with E-state index in [1.165, 1.54) is 24.3 Å². The van der Waals surface area contributed by atoms with Crippen molar-refractivity contribution in [2.24, 2.45) is 0 Å². The van der Waals surface area contributed by atoms with Crippen LogP contribution in [0, 0.1) is 11.3 Å². The molecule has 7 nitrogen and oxygen atoms in total. The van der Waals surface area contributed by atoms with E-state index in [1.807, 2.05) is 11.4 Å². The van der Waals surface area contributed by atoms with E-state index < -0.39 is 35.9 Å². The Bertz CT molecular complexity index is 887. The fourth-order valence-corrected chi connectivity index (χ4v) is 1.88. The Labute approximate surface area is 138 Å². The number of amides is 1. The van der Waals surface area contributed by atoms with Crippen LogP contribution in [0.5, 0.6) is 0 Å². The molecule has 1 amide bonds. The fourth-order valence-electron chi connectivity index (χ4n) is 1.88. The summed E-state index contributed by atoms with van der Waals surface area (Å²) in [6, 6.07) is 8.78. The molecule has 0 aliphatic rings. The van der Waals surface area contributed by atoms with Gasteiger partial charge in [0.25, 0.3) is 11.5 Å². The van der Waals surface area contributed by atoms with Gasteiger partial charge < -0.3 is 10.4 Å². The van der Waals surface area contributed by atoms with Crippen LogP contribution in [0.15, 0.2) is 41.3 Å². The molecule has 0 radical (unpaired) electrons. The zero-order valence-corrected chi connectivity index (χ0v) is 12.5. The zero-order chi connectivity index (χ0) is 18.6. The van der Waals surface area contributed by atoms with E-state index in [-0.39, 0.29) is 11.3 Å². The number of rotatable bonds is 4. The number of hydrogen-bond donors (Lipinski definition) is 2. The Morgan fingerprint density at radius 2 is 2.12 bits per heavy atom. The second-order valence-corrected chi connectivity index (χ2v) is 4.89. The van der Waals surface area contributed by atoms with Crippen molar-refractivity contribution >= 4 is 5.91 Å². The number of carbonyl (C=O) groups is 1. The molecule has 2 rings (SSSR count). The van der Waals surface area contributed by atoms with Crippen LogP contribution in [0.2, 0.25) is 0 Å². The second kappa shape index (κ2) is 7.14. The normalized spacial score (nSPS) is 12.3. The average Bonchev–Trinajstić information content (AvgIpc) is 2.58. The highest BCUT2D eigenvalue weighted by Crippen LogP contribution is 2.19. The predicted octanol–water partition coefficient (Wildman–Crippen LogP) is 0.757. The first-order chi connectivity index (χ1) is 11.7. The van der Waals surface area contributed by atoms with Crippen LogP contribution in [0.3, 0.4) is 0 Å². The van der Waals surface area contributed by atoms with E-state index in [0.717, 1.165) is 16.9 Å². The van der Waals surface area contributed by atoms with Crippen LogP contribution < -0.4 is 10.9 Å². The van der Waals surface area contributed by atoms with Crippen LogP contribution in [0.25, 0.3) is 5.69 Å². The maximum Gasteiger partial charge on any atom is 0.416 e. The van der Waals surface area contributed by atoms with Crippen molar-refractivity contribution in [2.75, 3.05) is 6.54 Å². The van der Waals surface area contributed by atoms with Gasteiger partial charge in [-0.25, -0.2) is 0 Å². The Morgan fingerprint density at radius 1 is 1.40 bits per heavy atom. The van der Waals surface area contributed by atoms with Crippen LogP contribution in [0.1, 0.15) is 15.9 Å². The van der Waals surface area contributed by atoms with E-state index in [4.69, 9.17) is 10.4 Å². The van der Waals surface area contributed by atoms with Crippen molar-refractivity contribution in [3.05, 3.63) is 58.0 Å². The van der Waals surface area contributed by atoms with Gasteiger partial charge >= 0.3 is 6.18 Å². The lowest BCUT2D eigenvalue weighted by atomic mass is 10.2. The van der Waals surface area contributed by atoms with Crippen molar-refractivity contribution in [2.45, 2.75) is 12.3 Å². The van der Waals surface area contributed by atoms with Crippen molar-refractivity contribution in [1.82, 2.24) is 15.1 Å². The summed E-state index contributed by atoms with van der Waals surface area (Å²) in [5.74, 6) is -1.08. The highest BCUT2D eigenvalue weighted by Gasteiger charge is 2.38. The summed E-state index contributed by atoms with van der Waals surface area (Å²) in [6.07, 6.45) is -6.51. The molecule has 0 bridgehead atoms. The van der Waals surface area contributed by atoms with Gasteiger partial charge in [0.15, 0.2) is 6.10 Å². The van der Waals surface area contributed by atoms with Gasteiger partial charge in [-0.05, 0) is 24.3 Å². The smallest absolute Gasteiger partial charge is 0.382 e. The minimum absolute atomic E-state index is 0.217. The highest BCUT2D eigenvalue weighted by molar-refractivity contribution is 5.93. The average molecular weight is 352 g/mol. The van der Waals surface area contributed by atoms with Crippen molar-refractivity contribution < 1.29 is 23.1 Å². The van der Waals surface area contributed by atoms with E-state index >= 15 is 0 Å². The molecule has 2 N–H and O–H groups in total. The number of aromatic nitrogens is 2. The first-order valence-corrected chi connectivity index (χ1v) is 6.86. The van der Waals surface area contributed by atoms with Crippen molar-refractivity contribution in [1.29, 1.82) is 5.26 Å². The van der Waals surface area contributed by atoms with Crippen LogP contribution >= 0.6 is 0 Å². The third-order valence-electron chi connectivity index (χ3n) is 3.14. The molecule has 1 aromatic carbocycles. The molecule has 25 heavy (non-hydrogen) atoms. The van der Waals surface area contributed by atoms with E-state index in [9.17, 15) is 22.8 Å². The first-order valence-electron chi connectivity index (χ1n) is 6.86. The zero-order valence-electron chi connectivity index (χ0n) is 12.5. The number of nitriles is 1. The molecule has 1 heterocycles. The molecule has 1 aromatic heterocycles. The second-order valence-electron chi connectivity index (χ2n) is 4.89. The summed E-state index contributed by atoms with van der Waals surface area (Å²) in [5.41, 5.74) is -0.855. The number of carbonyl (C=O) groups excluding carboxylic acids is 1. The summed E-state index contributed by atoms with van der Waals surface area (Å²) >= 11 is 0. The molecule has 130 valence electrons. The van der Waals surface area contributed by atoms with Crippen LogP contribution in [0.4, 0.5) is 13.2 Å². The number of aliphatic hydroxyl groups excluding tert-OH is 1. The number of nitrogens with one attached hydrogen (secondary N) is 1. The molecule has 0 spiro atoms. The number of hydrogen-bond acceptors (Lipinski definition) is 5. The van der Waals surface area contributed by atoms with Gasteiger partial charge in [0, 0.05) is 6.20 Å². The van der Waals surface area contributed by atoms with Gasteiger partial charge in [0.2, 0.25) is 0 Å². The van der Waals surface area contributed by atoms with E-state index in [0.29, 0.717) is 0 Å². The SMILES string of the molecule is N#Cc1cccc(-n2nccc(C(=O)NC[C@H](O)C(F)(F)F)c2=O)c1. The lowest BCUT2D eigenvalue weighted by Crippen LogP contribution is -2.42. The number of alkyl halides is 3. The lowest BCUT2D eigenvalue weighted by Gasteiger charge is -2.15. The Morgan fingerprint density at radius 3 is 2.76 bits per heavy atom. The molecule has 0 fully saturated rings. The summed E-state index contributed by atoms with van der Waals surface area (Å²) < 4.78 is 37.5. The Hall–Kier alpha value is -3.19. The maximum atomic E-state index is 12.3. The topological polar surface area (TPSA) is 108 Å². The number of halogens is 3. The molecular weight excluding hydrogens is 341 g/mol. The first kappa shape index (κ1) is 18.2. The Balaban J connectivity index is 2.28. The summed E-state index contributed by atoms with van der Waals surface area (Å²) in [5, 5.41) is 23.4. The molecule has 1 atom stereocenters. The van der Waals surface area contributed by atoms with Gasteiger partial charge in [-0.3, -0.25) is 9.59 Å². The third kappa shape index (κ3) is 4.21. The molecule has 2 aromatic rings. The van der Waals surface area contributed by atoms with Gasteiger partial charge in [0.05, 0.1) is 23.9 Å². The predicted molar refractivity (Wildman–Crippen MR) is 78.9 cm³/mol. The number of nitrogens with zero attached hydrogens (tertiary/aromatic N) is 3. The van der Waals surface area contributed by atoms with E-state index in [1.54, 1.807) is 0 Å². The molecule has 0 saturated carbocycles. The largest absolute Gasteiger partial charge is 0.416 e. The van der Waals surface area contributed by atoms with Crippen molar-refractivity contribution in [3.63, 3.8) is 0 Å². The van der Waals surface area contributed by atoms with E-state index in [2.05, 4.69) is 5.10 Å². The van der Waals surface area contributed by atoms with Gasteiger partial charge in [-0.1, -0.05) is 6.07 Å². The number of benzene rings is 1. The number of aliphatic hydroxyl groups is 1. The third-order valence-corrected chi connectivity index (χ3v) is 3.14. The molecule has 10 heteroatoms. The molecule has 0 unspecified atom stereocenters. The van der Waals surface area contributed by atoms with Crippen LogP contribution in [-0.2, 0) is 0 Å². The minimum Gasteiger partial charge on any atom is -0.382 e. The molecule has 0 aliphatic heterocycles. The van der Waals surface area contributed by atoms with Gasteiger partial charge in [-0.2, -0.15) is 28.2 Å². The lowest BCUT2D eigenvalue weighted by molar-refractivity contribution is -0.201. The minimum atomic E-state index is -4.89. The molecule has 0 saturated heterocycles. The monoisotopic (exact) mass is 352 g/mol. The summed E-state index contributed by atoms with van der Waals surface area (Å²) in [6.45, 7) is -1.09. The summed E-state index contributed by atoms with van der Waals surface area (Å²) in [7, 11) is 0. The van der Waals surface area contributed by atoms with Crippen LogP contribution in [-0.4, -0.2) is 39.6 Å². The quantitative estimate of drug-likeness (QED) is 0.844. The summed E-state index contributed by atoms with van der Waals surface area (Å²) in [4.78, 5) is 24.2. The molecular formula is C15H11F3N4O3. The van der Waals surface area contributed by atoms with Crippen molar-refractivity contribution in [3.8, 4) is 11.8 Å².